The van der Waals surface area contributed by atoms with Crippen LogP contribution >= 0.6 is 11.8 Å². The highest BCUT2D eigenvalue weighted by Crippen LogP contribution is 2.08. The number of carbonyl (C=O) groups excluding carboxylic acids is 3. The van der Waals surface area contributed by atoms with Crippen LogP contribution in [0.15, 0.2) is 35.3 Å². The second-order valence-corrected chi connectivity index (χ2v) is 10.3. The highest BCUT2D eigenvalue weighted by Gasteiger charge is 2.30. The van der Waals surface area contributed by atoms with Crippen LogP contribution in [-0.2, 0) is 25.6 Å². The predicted octanol–water partition coefficient (Wildman–Crippen LogP) is -0.969. The number of nitrogens with zero attached hydrogens (tertiary/aromatic N) is 1. The summed E-state index contributed by atoms with van der Waals surface area (Å²) in [5.41, 5.74) is 23.0. The Morgan fingerprint density at radius 2 is 1.50 bits per heavy atom. The van der Waals surface area contributed by atoms with Gasteiger partial charge in [0.2, 0.25) is 17.7 Å². The van der Waals surface area contributed by atoms with Crippen molar-refractivity contribution in [2.24, 2.45) is 27.9 Å². The highest BCUT2D eigenvalue weighted by atomic mass is 32.2. The molecule has 0 aliphatic heterocycles. The number of carbonyl (C=O) groups is 4. The minimum atomic E-state index is -1.17. The SMILES string of the molecule is CSCCC(NC(=O)C(Cc1ccccc1)NC(=O)C(CCCN=C(N)N)NC(=O)C(N)CCCCN)C(=O)O. The number of guanidine groups is 1. The van der Waals surface area contributed by atoms with Crippen molar-refractivity contribution in [1.29, 1.82) is 0 Å². The lowest BCUT2D eigenvalue weighted by Gasteiger charge is -2.25. The number of carboxylic acid groups (broad SMARTS) is 1. The first-order valence-electron chi connectivity index (χ1n) is 13.3. The molecule has 1 rings (SSSR count). The molecule has 1 aromatic carbocycles. The molecule has 0 aliphatic carbocycles. The number of hydrogen-bond acceptors (Lipinski definition) is 8. The first-order chi connectivity index (χ1) is 19.1. The van der Waals surface area contributed by atoms with Crippen LogP contribution in [0.2, 0.25) is 0 Å². The van der Waals surface area contributed by atoms with Gasteiger partial charge in [-0.15, -0.1) is 0 Å². The van der Waals surface area contributed by atoms with Gasteiger partial charge in [-0.05, 0) is 56.2 Å². The molecule has 3 amide bonds. The van der Waals surface area contributed by atoms with E-state index in [2.05, 4.69) is 20.9 Å². The molecule has 4 unspecified atom stereocenters. The normalized spacial score (nSPS) is 13.8. The van der Waals surface area contributed by atoms with E-state index in [1.807, 2.05) is 12.3 Å². The number of carboxylic acids is 1. The Labute approximate surface area is 239 Å². The first-order valence-corrected chi connectivity index (χ1v) is 14.7. The van der Waals surface area contributed by atoms with Gasteiger partial charge in [0.05, 0.1) is 6.04 Å². The summed E-state index contributed by atoms with van der Waals surface area (Å²) < 4.78 is 0. The Morgan fingerprint density at radius 3 is 2.10 bits per heavy atom. The average Bonchev–Trinajstić information content (AvgIpc) is 2.92. The average molecular weight is 581 g/mol. The van der Waals surface area contributed by atoms with Gasteiger partial charge in [-0.25, -0.2) is 4.79 Å². The molecule has 12 N–H and O–H groups in total. The van der Waals surface area contributed by atoms with Gasteiger partial charge in [-0.3, -0.25) is 19.4 Å². The standard InChI is InChI=1S/C26H44N8O5S/c1-40-15-12-20(25(38)39)33-24(37)21(16-17-8-3-2-4-9-17)34-23(36)19(11-7-14-31-26(29)30)32-22(35)18(28)10-5-6-13-27/h2-4,8-9,18-21H,5-7,10-16,27-28H2,1H3,(H,32,35)(H,33,37)(H,34,36)(H,38,39)(H4,29,30,31). The zero-order valence-electron chi connectivity index (χ0n) is 23.0. The van der Waals surface area contributed by atoms with Crippen molar-refractivity contribution in [3.05, 3.63) is 35.9 Å². The number of aliphatic imine (C=N–C) groups is 1. The second-order valence-electron chi connectivity index (χ2n) is 9.33. The number of nitrogens with one attached hydrogen (secondary N) is 3. The summed E-state index contributed by atoms with van der Waals surface area (Å²) in [6.45, 7) is 0.712. The van der Waals surface area contributed by atoms with Gasteiger partial charge in [-0.2, -0.15) is 11.8 Å². The smallest absolute Gasteiger partial charge is 0.326 e. The van der Waals surface area contributed by atoms with Crippen LogP contribution in [0.4, 0.5) is 0 Å². The van der Waals surface area contributed by atoms with E-state index in [0.29, 0.717) is 38.0 Å². The van der Waals surface area contributed by atoms with E-state index in [4.69, 9.17) is 22.9 Å². The van der Waals surface area contributed by atoms with Gasteiger partial charge in [0.25, 0.3) is 0 Å². The third kappa shape index (κ3) is 14.1. The summed E-state index contributed by atoms with van der Waals surface area (Å²) in [5.74, 6) is -2.50. The predicted molar refractivity (Wildman–Crippen MR) is 157 cm³/mol. The molecular formula is C26H44N8O5S. The fourth-order valence-electron chi connectivity index (χ4n) is 3.79. The van der Waals surface area contributed by atoms with Gasteiger partial charge < -0.3 is 44.0 Å². The molecule has 1 aromatic rings. The molecule has 13 nitrogen and oxygen atoms in total. The lowest BCUT2D eigenvalue weighted by molar-refractivity contribution is -0.142. The first kappa shape index (κ1) is 34.7. The van der Waals surface area contributed by atoms with Gasteiger partial charge in [0.15, 0.2) is 5.96 Å². The minimum absolute atomic E-state index is 0.0963. The molecule has 0 fully saturated rings. The van der Waals surface area contributed by atoms with Crippen LogP contribution in [0.1, 0.15) is 44.1 Å². The number of hydrogen-bond donors (Lipinski definition) is 8. The molecular weight excluding hydrogens is 536 g/mol. The Bertz CT molecular complexity index is 962. The Kier molecular flexibility index (Phi) is 17.0. The number of amides is 3. The minimum Gasteiger partial charge on any atom is -0.480 e. The zero-order chi connectivity index (χ0) is 29.9. The lowest BCUT2D eigenvalue weighted by Crippen LogP contribution is -2.57. The maximum Gasteiger partial charge on any atom is 0.326 e. The maximum absolute atomic E-state index is 13.4. The van der Waals surface area contributed by atoms with E-state index in [0.717, 1.165) is 5.56 Å². The molecule has 14 heteroatoms. The number of unbranched alkanes of at least 4 members (excludes halogenated alkanes) is 1. The summed E-state index contributed by atoms with van der Waals surface area (Å²) in [6.07, 6.45) is 4.49. The van der Waals surface area contributed by atoms with E-state index < -0.39 is 47.9 Å². The van der Waals surface area contributed by atoms with Crippen molar-refractivity contribution < 1.29 is 24.3 Å². The van der Waals surface area contributed by atoms with E-state index in [9.17, 15) is 24.3 Å². The van der Waals surface area contributed by atoms with E-state index in [-0.39, 0.29) is 31.8 Å². The van der Waals surface area contributed by atoms with Gasteiger partial charge in [0.1, 0.15) is 18.1 Å². The molecule has 0 saturated heterocycles. The molecule has 0 radical (unpaired) electrons. The molecule has 0 heterocycles. The molecule has 4 atom stereocenters. The summed E-state index contributed by atoms with van der Waals surface area (Å²) in [4.78, 5) is 55.0. The van der Waals surface area contributed by atoms with E-state index >= 15 is 0 Å². The fourth-order valence-corrected chi connectivity index (χ4v) is 4.26. The third-order valence-electron chi connectivity index (χ3n) is 6.03. The molecule has 0 bridgehead atoms. The number of rotatable bonds is 20. The van der Waals surface area contributed by atoms with Crippen LogP contribution in [0.5, 0.6) is 0 Å². The van der Waals surface area contributed by atoms with Gasteiger partial charge >= 0.3 is 5.97 Å². The lowest BCUT2D eigenvalue weighted by atomic mass is 10.0. The molecule has 0 aliphatic rings. The van der Waals surface area contributed by atoms with Crippen LogP contribution < -0.4 is 38.9 Å². The molecule has 0 saturated carbocycles. The van der Waals surface area contributed by atoms with Crippen molar-refractivity contribution in [3.8, 4) is 0 Å². The summed E-state index contributed by atoms with van der Waals surface area (Å²) >= 11 is 1.46. The fraction of sp³-hybridized carbons (Fsp3) is 0.577. The Balaban J connectivity index is 3.10. The summed E-state index contributed by atoms with van der Waals surface area (Å²) in [6, 6.07) is 4.92. The van der Waals surface area contributed by atoms with Gasteiger partial charge in [-0.1, -0.05) is 36.8 Å². The number of benzene rings is 1. The quantitative estimate of drug-likeness (QED) is 0.0533. The number of nitrogens with two attached hydrogens (primary N) is 4. The molecule has 40 heavy (non-hydrogen) atoms. The molecule has 224 valence electrons. The largest absolute Gasteiger partial charge is 0.480 e. The molecule has 0 aromatic heterocycles. The van der Waals surface area contributed by atoms with Crippen molar-refractivity contribution in [2.45, 2.75) is 69.1 Å². The van der Waals surface area contributed by atoms with Crippen molar-refractivity contribution >= 4 is 41.4 Å². The van der Waals surface area contributed by atoms with Gasteiger partial charge in [0, 0.05) is 13.0 Å². The van der Waals surface area contributed by atoms with Crippen molar-refractivity contribution in [1.82, 2.24) is 16.0 Å². The Hall–Kier alpha value is -3.36. The number of thioether (sulfide) groups is 1. The third-order valence-corrected chi connectivity index (χ3v) is 6.67. The van der Waals surface area contributed by atoms with Crippen LogP contribution in [0.3, 0.4) is 0 Å². The zero-order valence-corrected chi connectivity index (χ0v) is 23.8. The topological polar surface area (TPSA) is 241 Å². The number of aliphatic carboxylic acids is 1. The van der Waals surface area contributed by atoms with Crippen LogP contribution in [-0.4, -0.2) is 84.0 Å². The van der Waals surface area contributed by atoms with Crippen molar-refractivity contribution in [3.63, 3.8) is 0 Å². The Morgan fingerprint density at radius 1 is 0.875 bits per heavy atom. The molecule has 0 spiro atoms. The maximum atomic E-state index is 13.4. The monoisotopic (exact) mass is 580 g/mol. The summed E-state index contributed by atoms with van der Waals surface area (Å²) in [5, 5.41) is 17.5. The van der Waals surface area contributed by atoms with Crippen LogP contribution in [0, 0.1) is 0 Å². The highest BCUT2D eigenvalue weighted by molar-refractivity contribution is 7.98. The summed E-state index contributed by atoms with van der Waals surface area (Å²) in [7, 11) is 0. The van der Waals surface area contributed by atoms with Crippen molar-refractivity contribution in [2.75, 3.05) is 25.1 Å². The van der Waals surface area contributed by atoms with Crippen LogP contribution in [0.25, 0.3) is 0 Å². The van der Waals surface area contributed by atoms with E-state index in [1.54, 1.807) is 24.3 Å². The second kappa shape index (κ2) is 19.7. The van der Waals surface area contributed by atoms with E-state index in [1.165, 1.54) is 11.8 Å².